The molecule has 11 heteroatoms. The molecule has 4 aromatic rings. The van der Waals surface area contributed by atoms with E-state index in [0.29, 0.717) is 35.1 Å². The average molecular weight is 524 g/mol. The first kappa shape index (κ1) is 25.1. The maximum atomic E-state index is 13.2. The summed E-state index contributed by atoms with van der Waals surface area (Å²) in [7, 11) is 0. The molecule has 38 heavy (non-hydrogen) atoms. The second-order valence-electron chi connectivity index (χ2n) is 9.14. The normalized spacial score (nSPS) is 15.2. The summed E-state index contributed by atoms with van der Waals surface area (Å²) in [5.41, 5.74) is 2.77. The summed E-state index contributed by atoms with van der Waals surface area (Å²) < 4.78 is 41.0. The topological polar surface area (TPSA) is 99.5 Å². The van der Waals surface area contributed by atoms with Gasteiger partial charge < -0.3 is 20.6 Å². The monoisotopic (exact) mass is 523 g/mol. The number of rotatable bonds is 6. The first-order chi connectivity index (χ1) is 18.2. The lowest BCUT2D eigenvalue weighted by Gasteiger charge is -2.36. The zero-order valence-electron chi connectivity index (χ0n) is 20.1. The number of hydrogen-bond acceptors (Lipinski definition) is 4. The fraction of sp³-hybridized carbons (Fsp3) is 0.222. The van der Waals surface area contributed by atoms with Crippen molar-refractivity contribution >= 4 is 34.3 Å². The van der Waals surface area contributed by atoms with Gasteiger partial charge in [0, 0.05) is 24.2 Å². The number of carbonyl (C=O) groups is 2. The zero-order valence-corrected chi connectivity index (χ0v) is 20.1. The van der Waals surface area contributed by atoms with Gasteiger partial charge in [0.15, 0.2) is 0 Å². The second kappa shape index (κ2) is 10.1. The highest BCUT2D eigenvalue weighted by molar-refractivity contribution is 6.00. The van der Waals surface area contributed by atoms with Gasteiger partial charge in [-0.1, -0.05) is 36.4 Å². The Labute approximate surface area is 215 Å². The van der Waals surface area contributed by atoms with Crippen LogP contribution in [-0.4, -0.2) is 39.5 Å². The van der Waals surface area contributed by atoms with Crippen molar-refractivity contribution in [2.24, 2.45) is 0 Å². The minimum Gasteiger partial charge on any atom is -0.480 e. The molecule has 3 aromatic carbocycles. The maximum Gasteiger partial charge on any atom is 0.416 e. The SMILES string of the molecule is O=C(O)Cn1ncc2c(NC(=O)NC3Cc4ccccc4N(Cc4cccc(C(F)(F)F)c4)C3)cccc21. The molecule has 5 rings (SSSR count). The number of aromatic nitrogens is 2. The maximum absolute atomic E-state index is 13.2. The number of carbonyl (C=O) groups excluding carboxylic acids is 1. The first-order valence-corrected chi connectivity index (χ1v) is 11.9. The van der Waals surface area contributed by atoms with Crippen molar-refractivity contribution in [2.45, 2.75) is 31.7 Å². The van der Waals surface area contributed by atoms with Crippen LogP contribution in [0.1, 0.15) is 16.7 Å². The van der Waals surface area contributed by atoms with Gasteiger partial charge in [-0.25, -0.2) is 4.79 Å². The fourth-order valence-electron chi connectivity index (χ4n) is 4.81. The molecule has 0 spiro atoms. The van der Waals surface area contributed by atoms with Crippen LogP contribution in [0.15, 0.2) is 72.9 Å². The highest BCUT2D eigenvalue weighted by atomic mass is 19.4. The van der Waals surface area contributed by atoms with Crippen LogP contribution in [0.3, 0.4) is 0 Å². The molecule has 2 amide bonds. The van der Waals surface area contributed by atoms with Crippen LogP contribution >= 0.6 is 0 Å². The van der Waals surface area contributed by atoms with E-state index in [1.807, 2.05) is 29.2 Å². The van der Waals surface area contributed by atoms with Gasteiger partial charge in [-0.05, 0) is 47.9 Å². The lowest BCUT2D eigenvalue weighted by molar-refractivity contribution is -0.138. The molecule has 0 saturated heterocycles. The molecule has 0 saturated carbocycles. The van der Waals surface area contributed by atoms with Crippen molar-refractivity contribution in [1.82, 2.24) is 15.1 Å². The third-order valence-corrected chi connectivity index (χ3v) is 6.42. The Bertz CT molecular complexity index is 1500. The number of alkyl halides is 3. The Balaban J connectivity index is 1.32. The first-order valence-electron chi connectivity index (χ1n) is 11.9. The van der Waals surface area contributed by atoms with Crippen LogP contribution in [0.25, 0.3) is 10.9 Å². The number of hydrogen-bond donors (Lipinski definition) is 3. The van der Waals surface area contributed by atoms with Gasteiger partial charge >= 0.3 is 18.2 Å². The van der Waals surface area contributed by atoms with E-state index in [0.717, 1.165) is 23.4 Å². The average Bonchev–Trinajstić information content (AvgIpc) is 3.27. The Morgan fingerprint density at radius 3 is 2.63 bits per heavy atom. The Morgan fingerprint density at radius 1 is 1.05 bits per heavy atom. The number of urea groups is 1. The predicted molar refractivity (Wildman–Crippen MR) is 136 cm³/mol. The second-order valence-corrected chi connectivity index (χ2v) is 9.14. The van der Waals surface area contributed by atoms with E-state index in [-0.39, 0.29) is 19.1 Å². The van der Waals surface area contributed by atoms with Gasteiger partial charge in [-0.3, -0.25) is 9.48 Å². The van der Waals surface area contributed by atoms with Gasteiger partial charge in [-0.2, -0.15) is 18.3 Å². The molecule has 0 aliphatic carbocycles. The molecule has 1 aromatic heterocycles. The number of aliphatic carboxylic acids is 1. The number of amides is 2. The molecule has 0 radical (unpaired) electrons. The quantitative estimate of drug-likeness (QED) is 0.334. The lowest BCUT2D eigenvalue weighted by Crippen LogP contribution is -2.49. The van der Waals surface area contributed by atoms with Gasteiger partial charge in [0.2, 0.25) is 0 Å². The van der Waals surface area contributed by atoms with Crippen LogP contribution in [0.5, 0.6) is 0 Å². The summed E-state index contributed by atoms with van der Waals surface area (Å²) in [5.74, 6) is -1.03. The molecule has 1 atom stereocenters. The highest BCUT2D eigenvalue weighted by Crippen LogP contribution is 2.32. The summed E-state index contributed by atoms with van der Waals surface area (Å²) in [6.45, 7) is 0.354. The predicted octanol–water partition coefficient (Wildman–Crippen LogP) is 4.89. The third kappa shape index (κ3) is 5.41. The number of anilines is 2. The van der Waals surface area contributed by atoms with Crippen LogP contribution in [0.4, 0.5) is 29.3 Å². The van der Waals surface area contributed by atoms with Crippen molar-refractivity contribution in [2.75, 3.05) is 16.8 Å². The van der Waals surface area contributed by atoms with E-state index in [1.165, 1.54) is 16.9 Å². The molecule has 1 unspecified atom stereocenters. The van der Waals surface area contributed by atoms with Crippen molar-refractivity contribution in [3.63, 3.8) is 0 Å². The summed E-state index contributed by atoms with van der Waals surface area (Å²) in [4.78, 5) is 26.0. The zero-order chi connectivity index (χ0) is 26.9. The third-order valence-electron chi connectivity index (χ3n) is 6.42. The van der Waals surface area contributed by atoms with Crippen LogP contribution < -0.4 is 15.5 Å². The Kier molecular flexibility index (Phi) is 6.66. The van der Waals surface area contributed by atoms with E-state index in [2.05, 4.69) is 15.7 Å². The minimum atomic E-state index is -4.43. The fourth-order valence-corrected chi connectivity index (χ4v) is 4.81. The number of halogens is 3. The molecule has 0 bridgehead atoms. The number of nitrogens with zero attached hydrogens (tertiary/aromatic N) is 3. The molecular formula is C27H24F3N5O3. The number of benzene rings is 3. The number of carboxylic acid groups (broad SMARTS) is 1. The smallest absolute Gasteiger partial charge is 0.416 e. The Morgan fingerprint density at radius 2 is 1.84 bits per heavy atom. The van der Waals surface area contributed by atoms with Crippen molar-refractivity contribution in [3.8, 4) is 0 Å². The lowest BCUT2D eigenvalue weighted by atomic mass is 9.97. The number of carboxylic acids is 1. The van der Waals surface area contributed by atoms with E-state index in [1.54, 1.807) is 24.3 Å². The summed E-state index contributed by atoms with van der Waals surface area (Å²) in [5, 5.41) is 19.6. The van der Waals surface area contributed by atoms with Crippen LogP contribution in [0, 0.1) is 0 Å². The van der Waals surface area contributed by atoms with Gasteiger partial charge in [-0.15, -0.1) is 0 Å². The van der Waals surface area contributed by atoms with Crippen molar-refractivity contribution in [3.05, 3.63) is 89.6 Å². The number of fused-ring (bicyclic) bond motifs is 2. The molecule has 196 valence electrons. The molecular weight excluding hydrogens is 499 g/mol. The van der Waals surface area contributed by atoms with Crippen LogP contribution in [0.2, 0.25) is 0 Å². The summed E-state index contributed by atoms with van der Waals surface area (Å²) >= 11 is 0. The highest BCUT2D eigenvalue weighted by Gasteiger charge is 2.31. The largest absolute Gasteiger partial charge is 0.480 e. The molecule has 1 aliphatic rings. The number of para-hydroxylation sites is 1. The van der Waals surface area contributed by atoms with Gasteiger partial charge in [0.05, 0.1) is 29.0 Å². The van der Waals surface area contributed by atoms with E-state index < -0.39 is 23.7 Å². The molecule has 1 aliphatic heterocycles. The van der Waals surface area contributed by atoms with E-state index >= 15 is 0 Å². The Hall–Kier alpha value is -4.54. The minimum absolute atomic E-state index is 0.253. The van der Waals surface area contributed by atoms with Gasteiger partial charge in [0.1, 0.15) is 6.54 Å². The molecule has 2 heterocycles. The van der Waals surface area contributed by atoms with Crippen LogP contribution in [-0.2, 0) is 30.5 Å². The van der Waals surface area contributed by atoms with Crippen molar-refractivity contribution < 1.29 is 27.9 Å². The number of nitrogens with one attached hydrogen (secondary N) is 2. The molecule has 3 N–H and O–H groups in total. The van der Waals surface area contributed by atoms with E-state index in [4.69, 9.17) is 5.11 Å². The van der Waals surface area contributed by atoms with Gasteiger partial charge in [0.25, 0.3) is 0 Å². The molecule has 0 fully saturated rings. The summed E-state index contributed by atoms with van der Waals surface area (Å²) in [6, 6.07) is 17.3. The van der Waals surface area contributed by atoms with Crippen molar-refractivity contribution in [1.29, 1.82) is 0 Å². The standard InChI is InChI=1S/C27H24F3N5O3/c28-27(29,30)19-7-3-5-17(11-19)14-34-15-20(12-18-6-1-2-9-23(18)34)32-26(38)33-22-8-4-10-24-21(22)13-31-35(24)16-25(36)37/h1-11,13,20H,12,14-16H2,(H,36,37)(H2,32,33,38). The summed E-state index contributed by atoms with van der Waals surface area (Å²) in [6.07, 6.45) is -2.37. The molecule has 8 nitrogen and oxygen atoms in total. The van der Waals surface area contributed by atoms with E-state index in [9.17, 15) is 22.8 Å².